The summed E-state index contributed by atoms with van der Waals surface area (Å²) in [6.45, 7) is 10.2. The summed E-state index contributed by atoms with van der Waals surface area (Å²) >= 11 is 0. The van der Waals surface area contributed by atoms with Crippen LogP contribution in [0.4, 0.5) is 4.79 Å². The molecule has 1 aromatic rings. The zero-order valence-electron chi connectivity index (χ0n) is 18.6. The maximum absolute atomic E-state index is 12.7. The molecule has 3 rings (SSSR count). The third-order valence-corrected chi connectivity index (χ3v) is 6.21. The van der Waals surface area contributed by atoms with Crippen molar-refractivity contribution in [1.29, 1.82) is 0 Å². The smallest absolute Gasteiger partial charge is 0.409 e. The lowest BCUT2D eigenvalue weighted by Gasteiger charge is -2.33. The monoisotopic (exact) mass is 417 g/mol. The summed E-state index contributed by atoms with van der Waals surface area (Å²) in [7, 11) is 1.39. The maximum atomic E-state index is 12.7. The molecule has 0 saturated carbocycles. The Bertz CT molecular complexity index is 731. The number of benzene rings is 1. The minimum Gasteiger partial charge on any atom is -0.493 e. The zero-order chi connectivity index (χ0) is 21.5. The van der Waals surface area contributed by atoms with Crippen molar-refractivity contribution >= 4 is 11.9 Å². The molecule has 2 aliphatic heterocycles. The predicted octanol–water partition coefficient (Wildman–Crippen LogP) is 2.81. The van der Waals surface area contributed by atoms with Crippen molar-refractivity contribution in [3.63, 3.8) is 0 Å². The number of aryl methyl sites for hydroxylation is 1. The number of nitrogens with zero attached hydrogens (tertiary/aromatic N) is 3. The number of ether oxygens (including phenoxy) is 2. The molecule has 166 valence electrons. The fourth-order valence-corrected chi connectivity index (χ4v) is 4.27. The van der Waals surface area contributed by atoms with Gasteiger partial charge >= 0.3 is 6.09 Å². The number of likely N-dealkylation sites (tertiary alicyclic amines) is 1. The molecule has 0 radical (unpaired) electrons. The molecule has 0 aromatic heterocycles. The lowest BCUT2D eigenvalue weighted by molar-refractivity contribution is 0.0790. The van der Waals surface area contributed by atoms with E-state index in [0.717, 1.165) is 24.3 Å². The summed E-state index contributed by atoms with van der Waals surface area (Å²) in [6.07, 6.45) is 3.32. The van der Waals surface area contributed by atoms with Crippen LogP contribution in [0.25, 0.3) is 0 Å². The Labute approximate surface area is 179 Å². The van der Waals surface area contributed by atoms with E-state index in [1.54, 1.807) is 4.90 Å². The zero-order valence-corrected chi connectivity index (χ0v) is 18.6. The Morgan fingerprint density at radius 1 is 1.13 bits per heavy atom. The van der Waals surface area contributed by atoms with Gasteiger partial charge in [0.15, 0.2) is 5.78 Å². The van der Waals surface area contributed by atoms with E-state index in [9.17, 15) is 9.59 Å². The second kappa shape index (κ2) is 10.8. The van der Waals surface area contributed by atoms with Gasteiger partial charge in [0.2, 0.25) is 0 Å². The van der Waals surface area contributed by atoms with Gasteiger partial charge < -0.3 is 19.3 Å². The van der Waals surface area contributed by atoms with Gasteiger partial charge in [-0.15, -0.1) is 0 Å². The van der Waals surface area contributed by atoms with Crippen LogP contribution in [0.2, 0.25) is 0 Å². The van der Waals surface area contributed by atoms with Gasteiger partial charge in [-0.05, 0) is 63.4 Å². The van der Waals surface area contributed by atoms with Gasteiger partial charge in [-0.3, -0.25) is 9.69 Å². The second-order valence-corrected chi connectivity index (χ2v) is 8.37. The van der Waals surface area contributed by atoms with Crippen LogP contribution in [0.3, 0.4) is 0 Å². The van der Waals surface area contributed by atoms with Crippen LogP contribution in [-0.4, -0.2) is 92.1 Å². The van der Waals surface area contributed by atoms with Gasteiger partial charge in [0.05, 0.1) is 20.3 Å². The summed E-state index contributed by atoms with van der Waals surface area (Å²) in [4.78, 5) is 30.5. The van der Waals surface area contributed by atoms with E-state index in [1.807, 2.05) is 25.1 Å². The first kappa shape index (κ1) is 22.6. The van der Waals surface area contributed by atoms with Gasteiger partial charge in [-0.1, -0.05) is 0 Å². The molecule has 0 bridgehead atoms. The summed E-state index contributed by atoms with van der Waals surface area (Å²) in [5.41, 5.74) is 1.70. The molecule has 2 heterocycles. The molecule has 0 aliphatic carbocycles. The number of carbonyl (C=O) groups excluding carboxylic acids is 2. The molecule has 1 aromatic carbocycles. The molecule has 1 amide bonds. The van der Waals surface area contributed by atoms with Crippen LogP contribution >= 0.6 is 0 Å². The van der Waals surface area contributed by atoms with E-state index in [-0.39, 0.29) is 11.9 Å². The van der Waals surface area contributed by atoms with Crippen molar-refractivity contribution in [3.05, 3.63) is 29.3 Å². The number of hydrogen-bond acceptors (Lipinski definition) is 6. The summed E-state index contributed by atoms with van der Waals surface area (Å²) in [5, 5.41) is 0. The lowest BCUT2D eigenvalue weighted by Crippen LogP contribution is -2.49. The number of piperazine rings is 1. The van der Waals surface area contributed by atoms with Crippen molar-refractivity contribution in [2.45, 2.75) is 39.2 Å². The molecule has 2 aliphatic rings. The fourth-order valence-electron chi connectivity index (χ4n) is 4.27. The highest BCUT2D eigenvalue weighted by Crippen LogP contribution is 2.21. The normalized spacial score (nSPS) is 20.4. The third-order valence-electron chi connectivity index (χ3n) is 6.21. The quantitative estimate of drug-likeness (QED) is 0.479. The average molecular weight is 418 g/mol. The highest BCUT2D eigenvalue weighted by atomic mass is 16.5. The molecular formula is C23H35N3O4. The van der Waals surface area contributed by atoms with Crippen molar-refractivity contribution in [3.8, 4) is 5.75 Å². The van der Waals surface area contributed by atoms with Crippen molar-refractivity contribution in [2.24, 2.45) is 0 Å². The molecule has 7 heteroatoms. The van der Waals surface area contributed by atoms with Gasteiger partial charge in [0, 0.05) is 44.3 Å². The van der Waals surface area contributed by atoms with E-state index >= 15 is 0 Å². The average Bonchev–Trinajstić information content (AvgIpc) is 3.16. The van der Waals surface area contributed by atoms with Crippen molar-refractivity contribution in [1.82, 2.24) is 14.7 Å². The fraction of sp³-hybridized carbons (Fsp3) is 0.652. The van der Waals surface area contributed by atoms with Crippen molar-refractivity contribution in [2.75, 3.05) is 59.5 Å². The molecule has 7 nitrogen and oxygen atoms in total. The molecule has 30 heavy (non-hydrogen) atoms. The molecule has 0 N–H and O–H groups in total. The SMILES string of the molecule is COC(=O)N1CCN(CC(=O)c2ccc(OCCCN3CCC[C@H]3C)c(C)c2)CC1. The summed E-state index contributed by atoms with van der Waals surface area (Å²) in [5.74, 6) is 0.951. The van der Waals surface area contributed by atoms with E-state index in [2.05, 4.69) is 16.7 Å². The van der Waals surface area contributed by atoms with Crippen LogP contribution < -0.4 is 4.74 Å². The highest BCUT2D eigenvalue weighted by Gasteiger charge is 2.23. The number of hydrogen-bond donors (Lipinski definition) is 0. The molecular weight excluding hydrogens is 382 g/mol. The molecule has 1 atom stereocenters. The van der Waals surface area contributed by atoms with Gasteiger partial charge in [-0.25, -0.2) is 4.79 Å². The number of ketones is 1. The van der Waals surface area contributed by atoms with E-state index in [4.69, 9.17) is 9.47 Å². The van der Waals surface area contributed by atoms with E-state index in [0.29, 0.717) is 50.9 Å². The maximum Gasteiger partial charge on any atom is 0.409 e. The Hall–Kier alpha value is -2.12. The number of methoxy groups -OCH3 is 1. The first-order valence-electron chi connectivity index (χ1n) is 11.0. The lowest BCUT2D eigenvalue weighted by atomic mass is 10.1. The topological polar surface area (TPSA) is 62.3 Å². The Kier molecular flexibility index (Phi) is 8.10. The third kappa shape index (κ3) is 5.95. The number of carbonyl (C=O) groups is 2. The predicted molar refractivity (Wildman–Crippen MR) is 116 cm³/mol. The van der Waals surface area contributed by atoms with Gasteiger partial charge in [0.1, 0.15) is 5.75 Å². The summed E-state index contributed by atoms with van der Waals surface area (Å²) < 4.78 is 10.7. The van der Waals surface area contributed by atoms with Crippen LogP contribution in [0, 0.1) is 6.92 Å². The number of rotatable bonds is 8. The highest BCUT2D eigenvalue weighted by molar-refractivity contribution is 5.98. The minimum absolute atomic E-state index is 0.0965. The molecule has 0 spiro atoms. The van der Waals surface area contributed by atoms with Crippen molar-refractivity contribution < 1.29 is 19.1 Å². The second-order valence-electron chi connectivity index (χ2n) is 8.37. The number of Topliss-reactive ketones (excluding diaryl/α,β-unsaturated/α-hetero) is 1. The molecule has 0 unspecified atom stereocenters. The summed E-state index contributed by atoms with van der Waals surface area (Å²) in [6, 6.07) is 6.39. The van der Waals surface area contributed by atoms with E-state index < -0.39 is 0 Å². The standard InChI is InChI=1S/C23H35N3O4/c1-18-16-20(21(27)17-24-11-13-26(14-12-24)23(28)29-3)7-8-22(18)30-15-5-10-25-9-4-6-19(25)2/h7-8,16,19H,4-6,9-15,17H2,1-3H3/t19-/m1/s1. The molecule has 2 fully saturated rings. The first-order chi connectivity index (χ1) is 14.5. The Morgan fingerprint density at radius 2 is 1.90 bits per heavy atom. The van der Waals surface area contributed by atoms with E-state index in [1.165, 1.54) is 26.5 Å². The Morgan fingerprint density at radius 3 is 2.53 bits per heavy atom. The van der Waals surface area contributed by atoms with Crippen LogP contribution in [0.1, 0.15) is 42.1 Å². The minimum atomic E-state index is -0.304. The van der Waals surface area contributed by atoms with Gasteiger partial charge in [0.25, 0.3) is 0 Å². The van der Waals surface area contributed by atoms with Crippen LogP contribution in [-0.2, 0) is 4.74 Å². The van der Waals surface area contributed by atoms with Crippen LogP contribution in [0.15, 0.2) is 18.2 Å². The largest absolute Gasteiger partial charge is 0.493 e. The van der Waals surface area contributed by atoms with Gasteiger partial charge in [-0.2, -0.15) is 0 Å². The first-order valence-corrected chi connectivity index (χ1v) is 11.0. The van der Waals surface area contributed by atoms with Crippen LogP contribution in [0.5, 0.6) is 5.75 Å². The Balaban J connectivity index is 1.43. The number of amides is 1. The molecule has 2 saturated heterocycles.